The predicted octanol–water partition coefficient (Wildman–Crippen LogP) is 7.09. The van der Waals surface area contributed by atoms with E-state index in [4.69, 9.17) is 0 Å². The van der Waals surface area contributed by atoms with E-state index >= 15 is 0 Å². The number of carbonyl (C=O) groups is 1. The first-order chi connectivity index (χ1) is 14.1. The van der Waals surface area contributed by atoms with Crippen LogP contribution in [-0.4, -0.2) is 31.3 Å². The molecule has 0 aliphatic rings. The van der Waals surface area contributed by atoms with Gasteiger partial charge in [-0.25, -0.2) is 0 Å². The molecule has 0 aliphatic heterocycles. The number of hydrogen-bond donors (Lipinski definition) is 1. The Bertz CT molecular complexity index is 535. The highest BCUT2D eigenvalue weighted by Crippen LogP contribution is 2.27. The fourth-order valence-electron chi connectivity index (χ4n) is 4.14. The van der Waals surface area contributed by atoms with Crippen LogP contribution in [0.1, 0.15) is 103 Å². The molecule has 4 heteroatoms. The molecule has 0 amide bonds. The minimum absolute atomic E-state index is 0. The van der Waals surface area contributed by atoms with Crippen LogP contribution in [0.2, 0.25) is 0 Å². The summed E-state index contributed by atoms with van der Waals surface area (Å²) in [7, 11) is 4.02. The van der Waals surface area contributed by atoms with Crippen molar-refractivity contribution >= 4 is 18.2 Å². The number of likely N-dealkylation sites (N-methyl/N-ethyl adjacent to an activating group) is 1. The monoisotopic (exact) mass is 438 g/mol. The maximum absolute atomic E-state index is 13.4. The van der Waals surface area contributed by atoms with E-state index in [2.05, 4.69) is 36.2 Å². The molecule has 1 N–H and O–H groups in total. The van der Waals surface area contributed by atoms with Crippen molar-refractivity contribution in [3.05, 3.63) is 35.9 Å². The zero-order valence-electron chi connectivity index (χ0n) is 20.0. The fraction of sp³-hybridized carbons (Fsp3) is 0.731. The second-order valence-corrected chi connectivity index (χ2v) is 8.61. The molecule has 0 aliphatic carbocycles. The highest BCUT2D eigenvalue weighted by molar-refractivity contribution is 5.89. The van der Waals surface area contributed by atoms with Crippen LogP contribution >= 0.6 is 12.4 Å². The van der Waals surface area contributed by atoms with Crippen LogP contribution < -0.4 is 5.32 Å². The van der Waals surface area contributed by atoms with Gasteiger partial charge in [0.2, 0.25) is 0 Å². The SMILES string of the molecule is CCCCCCCCCCCCCC(=O)C(NCCC)(c1ccccc1)N(C)C.Cl. The zero-order valence-corrected chi connectivity index (χ0v) is 20.9. The molecule has 1 rings (SSSR count). The van der Waals surface area contributed by atoms with Crippen LogP contribution in [0, 0.1) is 0 Å². The molecule has 0 radical (unpaired) electrons. The molecule has 0 aromatic heterocycles. The zero-order chi connectivity index (χ0) is 21.4. The molecule has 3 nitrogen and oxygen atoms in total. The summed E-state index contributed by atoms with van der Waals surface area (Å²) in [6.07, 6.45) is 16.0. The molecular formula is C26H47ClN2O. The van der Waals surface area contributed by atoms with Crippen LogP contribution in [0.4, 0.5) is 0 Å². The Kier molecular flexibility index (Phi) is 17.2. The third-order valence-electron chi connectivity index (χ3n) is 5.90. The van der Waals surface area contributed by atoms with Crippen molar-refractivity contribution in [2.45, 2.75) is 103 Å². The Balaban J connectivity index is 0.00000841. The second-order valence-electron chi connectivity index (χ2n) is 8.61. The summed E-state index contributed by atoms with van der Waals surface area (Å²) >= 11 is 0. The van der Waals surface area contributed by atoms with Crippen LogP contribution in [0.25, 0.3) is 0 Å². The Morgan fingerprint density at radius 1 is 0.800 bits per heavy atom. The summed E-state index contributed by atoms with van der Waals surface area (Å²) in [5, 5.41) is 3.56. The van der Waals surface area contributed by atoms with Gasteiger partial charge in [0.25, 0.3) is 0 Å². The van der Waals surface area contributed by atoms with Gasteiger partial charge in [0.15, 0.2) is 11.4 Å². The minimum atomic E-state index is -0.713. The Morgan fingerprint density at radius 3 is 1.77 bits per heavy atom. The van der Waals surface area contributed by atoms with Gasteiger partial charge in [-0.2, -0.15) is 0 Å². The van der Waals surface area contributed by atoms with Crippen LogP contribution in [-0.2, 0) is 10.5 Å². The summed E-state index contributed by atoms with van der Waals surface area (Å²) in [6, 6.07) is 10.2. The van der Waals surface area contributed by atoms with Crippen molar-refractivity contribution < 1.29 is 4.79 Å². The Morgan fingerprint density at radius 2 is 1.30 bits per heavy atom. The van der Waals surface area contributed by atoms with E-state index < -0.39 is 5.66 Å². The average Bonchev–Trinajstić information content (AvgIpc) is 2.73. The van der Waals surface area contributed by atoms with Crippen molar-refractivity contribution in [1.29, 1.82) is 0 Å². The van der Waals surface area contributed by atoms with Crippen molar-refractivity contribution in [3.63, 3.8) is 0 Å². The summed E-state index contributed by atoms with van der Waals surface area (Å²) in [5.41, 5.74) is 0.335. The van der Waals surface area contributed by atoms with Gasteiger partial charge in [-0.15, -0.1) is 12.4 Å². The Labute approximate surface area is 192 Å². The molecule has 174 valence electrons. The van der Waals surface area contributed by atoms with Crippen LogP contribution in [0.15, 0.2) is 30.3 Å². The summed E-state index contributed by atoms with van der Waals surface area (Å²) in [5.74, 6) is 0.290. The largest absolute Gasteiger partial charge is 0.296 e. The van der Waals surface area contributed by atoms with Crippen LogP contribution in [0.3, 0.4) is 0 Å². The molecule has 1 unspecified atom stereocenters. The number of Topliss-reactive ketones (excluding diaryl/α,β-unsaturated/α-hetero) is 1. The standard InChI is InChI=1S/C26H46N2O.ClH/c1-5-7-8-9-10-11-12-13-14-15-19-22-25(29)26(28(3)4,27-23-6-2)24-20-17-16-18-21-24;/h16-18,20-21,27H,5-15,19,22-23H2,1-4H3;1H. The molecule has 30 heavy (non-hydrogen) atoms. The number of halogens is 1. The highest BCUT2D eigenvalue weighted by Gasteiger charge is 2.40. The van der Waals surface area contributed by atoms with Gasteiger partial charge in [-0.3, -0.25) is 15.0 Å². The average molecular weight is 439 g/mol. The van der Waals surface area contributed by atoms with E-state index in [-0.39, 0.29) is 18.2 Å². The van der Waals surface area contributed by atoms with Gasteiger partial charge in [0, 0.05) is 6.42 Å². The van der Waals surface area contributed by atoms with Gasteiger partial charge in [-0.1, -0.05) is 108 Å². The number of benzene rings is 1. The molecule has 1 aromatic carbocycles. The molecule has 0 spiro atoms. The number of nitrogens with zero attached hydrogens (tertiary/aromatic N) is 1. The number of ketones is 1. The first kappa shape index (κ1) is 29.1. The van der Waals surface area contributed by atoms with Crippen molar-refractivity contribution in [2.24, 2.45) is 0 Å². The predicted molar refractivity (Wildman–Crippen MR) is 133 cm³/mol. The molecular weight excluding hydrogens is 392 g/mol. The topological polar surface area (TPSA) is 32.3 Å². The molecule has 0 saturated carbocycles. The maximum Gasteiger partial charge on any atom is 0.172 e. The third-order valence-corrected chi connectivity index (χ3v) is 5.90. The fourth-order valence-corrected chi connectivity index (χ4v) is 4.14. The molecule has 0 heterocycles. The number of hydrogen-bond acceptors (Lipinski definition) is 3. The summed E-state index contributed by atoms with van der Waals surface area (Å²) in [6.45, 7) is 5.25. The van der Waals surface area contributed by atoms with Crippen LogP contribution in [0.5, 0.6) is 0 Å². The Hall–Kier alpha value is -0.900. The first-order valence-electron chi connectivity index (χ1n) is 12.1. The van der Waals surface area contributed by atoms with Gasteiger partial charge in [-0.05, 0) is 39.0 Å². The number of carbonyl (C=O) groups excluding carboxylic acids is 1. The lowest BCUT2D eigenvalue weighted by molar-refractivity contribution is -0.133. The molecule has 0 bridgehead atoms. The van der Waals surface area contributed by atoms with E-state index in [1.165, 1.54) is 57.8 Å². The third kappa shape index (κ3) is 9.94. The molecule has 0 saturated heterocycles. The minimum Gasteiger partial charge on any atom is -0.296 e. The van der Waals surface area contributed by atoms with Crippen molar-refractivity contribution in [3.8, 4) is 0 Å². The lowest BCUT2D eigenvalue weighted by atomic mass is 9.89. The number of rotatable bonds is 18. The number of unbranched alkanes of at least 4 members (excludes halogenated alkanes) is 10. The lowest BCUT2D eigenvalue weighted by Gasteiger charge is -2.40. The maximum atomic E-state index is 13.4. The number of nitrogens with one attached hydrogen (secondary N) is 1. The summed E-state index contributed by atoms with van der Waals surface area (Å²) < 4.78 is 0. The van der Waals surface area contributed by atoms with Gasteiger partial charge in [0.05, 0.1) is 0 Å². The van der Waals surface area contributed by atoms with E-state index in [0.29, 0.717) is 6.42 Å². The quantitative estimate of drug-likeness (QED) is 0.196. The van der Waals surface area contributed by atoms with E-state index in [1.807, 2.05) is 32.3 Å². The second kappa shape index (κ2) is 17.7. The lowest BCUT2D eigenvalue weighted by Crippen LogP contribution is -2.59. The highest BCUT2D eigenvalue weighted by atomic mass is 35.5. The van der Waals surface area contributed by atoms with E-state index in [1.54, 1.807) is 0 Å². The van der Waals surface area contributed by atoms with Gasteiger partial charge in [0.1, 0.15) is 0 Å². The van der Waals surface area contributed by atoms with Gasteiger partial charge >= 0.3 is 0 Å². The molecule has 0 fully saturated rings. The first-order valence-corrected chi connectivity index (χ1v) is 12.1. The smallest absolute Gasteiger partial charge is 0.172 e. The summed E-state index contributed by atoms with van der Waals surface area (Å²) in [4.78, 5) is 15.4. The molecule has 1 atom stereocenters. The normalized spacial score (nSPS) is 13.1. The van der Waals surface area contributed by atoms with Crippen molar-refractivity contribution in [1.82, 2.24) is 10.2 Å². The van der Waals surface area contributed by atoms with Gasteiger partial charge < -0.3 is 0 Å². The van der Waals surface area contributed by atoms with E-state index in [0.717, 1.165) is 31.4 Å². The van der Waals surface area contributed by atoms with Crippen molar-refractivity contribution in [2.75, 3.05) is 20.6 Å². The van der Waals surface area contributed by atoms with E-state index in [9.17, 15) is 4.79 Å². The molecule has 1 aromatic rings.